The van der Waals surface area contributed by atoms with Gasteiger partial charge in [-0.05, 0) is 31.5 Å². The van der Waals surface area contributed by atoms with E-state index in [1.807, 2.05) is 32.0 Å². The van der Waals surface area contributed by atoms with Crippen molar-refractivity contribution in [2.24, 2.45) is 0 Å². The minimum absolute atomic E-state index is 0.0186. The van der Waals surface area contributed by atoms with Crippen molar-refractivity contribution in [3.8, 4) is 5.75 Å². The Hall–Kier alpha value is -1.63. The van der Waals surface area contributed by atoms with Crippen molar-refractivity contribution in [2.75, 3.05) is 40.4 Å². The molecular formula is C18H28N2O4. The van der Waals surface area contributed by atoms with Gasteiger partial charge in [-0.1, -0.05) is 6.07 Å². The molecule has 2 rings (SSSR count). The van der Waals surface area contributed by atoms with E-state index in [-0.39, 0.29) is 12.5 Å². The number of hydrogen-bond donors (Lipinski definition) is 1. The summed E-state index contributed by atoms with van der Waals surface area (Å²) in [6, 6.07) is 5.87. The summed E-state index contributed by atoms with van der Waals surface area (Å²) < 4.78 is 11.3. The second-order valence-electron chi connectivity index (χ2n) is 6.52. The van der Waals surface area contributed by atoms with Gasteiger partial charge in [0.15, 0.2) is 5.60 Å². The number of hydrogen-bond acceptors (Lipinski definition) is 5. The van der Waals surface area contributed by atoms with Gasteiger partial charge in [-0.3, -0.25) is 9.69 Å². The average Bonchev–Trinajstić information content (AvgIpc) is 2.55. The van der Waals surface area contributed by atoms with E-state index in [1.165, 1.54) is 0 Å². The number of ether oxygens (including phenoxy) is 2. The molecular weight excluding hydrogens is 308 g/mol. The second-order valence-corrected chi connectivity index (χ2v) is 6.52. The van der Waals surface area contributed by atoms with Crippen molar-refractivity contribution in [3.05, 3.63) is 29.3 Å². The van der Waals surface area contributed by atoms with Crippen LogP contribution in [0.4, 0.5) is 0 Å². The minimum Gasteiger partial charge on any atom is -0.494 e. The molecule has 1 amide bonds. The molecule has 1 atom stereocenters. The first kappa shape index (κ1) is 18.7. The number of likely N-dealkylation sites (N-methyl/N-ethyl adjacent to an activating group) is 1. The Morgan fingerprint density at radius 2 is 2.21 bits per heavy atom. The van der Waals surface area contributed by atoms with Crippen LogP contribution in [0.1, 0.15) is 25.0 Å². The van der Waals surface area contributed by atoms with Gasteiger partial charge in [0.2, 0.25) is 0 Å². The maximum absolute atomic E-state index is 12.4. The van der Waals surface area contributed by atoms with Crippen LogP contribution < -0.4 is 4.74 Å². The maximum atomic E-state index is 12.4. The fourth-order valence-electron chi connectivity index (χ4n) is 3.10. The molecule has 0 spiro atoms. The summed E-state index contributed by atoms with van der Waals surface area (Å²) in [7, 11) is 3.49. The molecule has 0 aromatic heterocycles. The highest BCUT2D eigenvalue weighted by Gasteiger charge is 2.40. The molecule has 134 valence electrons. The molecule has 1 N–H and O–H groups in total. The SMILES string of the molecule is CCOc1ccc(CN2CCO[C@](C)(C(=O)N(C)C)C2)cc1CO. The normalized spacial score (nSPS) is 21.5. The number of carbonyl (C=O) groups is 1. The molecule has 0 radical (unpaired) electrons. The largest absolute Gasteiger partial charge is 0.494 e. The number of benzene rings is 1. The number of amides is 1. The van der Waals surface area contributed by atoms with Crippen LogP contribution in [0, 0.1) is 0 Å². The summed E-state index contributed by atoms with van der Waals surface area (Å²) in [4.78, 5) is 16.1. The quantitative estimate of drug-likeness (QED) is 0.847. The Morgan fingerprint density at radius 1 is 1.46 bits per heavy atom. The molecule has 1 fully saturated rings. The molecule has 1 aromatic carbocycles. The van der Waals surface area contributed by atoms with Crippen molar-refractivity contribution >= 4 is 5.91 Å². The molecule has 0 unspecified atom stereocenters. The number of aliphatic hydroxyl groups is 1. The summed E-state index contributed by atoms with van der Waals surface area (Å²) in [5.74, 6) is 0.702. The van der Waals surface area contributed by atoms with E-state index in [2.05, 4.69) is 4.90 Å². The lowest BCUT2D eigenvalue weighted by molar-refractivity contribution is -0.165. The average molecular weight is 336 g/mol. The van der Waals surface area contributed by atoms with Crippen LogP contribution >= 0.6 is 0 Å². The lowest BCUT2D eigenvalue weighted by Gasteiger charge is -2.40. The molecule has 24 heavy (non-hydrogen) atoms. The zero-order chi connectivity index (χ0) is 17.7. The predicted octanol–water partition coefficient (Wildman–Crippen LogP) is 1.26. The Bertz CT molecular complexity index is 576. The highest BCUT2D eigenvalue weighted by atomic mass is 16.5. The van der Waals surface area contributed by atoms with Crippen LogP contribution in [-0.4, -0.2) is 66.8 Å². The Balaban J connectivity index is 2.09. The van der Waals surface area contributed by atoms with E-state index in [0.29, 0.717) is 26.3 Å². The van der Waals surface area contributed by atoms with Crippen LogP contribution in [0.15, 0.2) is 18.2 Å². The van der Waals surface area contributed by atoms with E-state index in [4.69, 9.17) is 9.47 Å². The standard InChI is InChI=1S/C18H28N2O4/c1-5-23-16-7-6-14(10-15(16)12-21)11-20-8-9-24-18(2,13-20)17(22)19(3)4/h6-7,10,21H,5,8-9,11-13H2,1-4H3/t18-/m0/s1. The van der Waals surface area contributed by atoms with Crippen molar-refractivity contribution in [3.63, 3.8) is 0 Å². The first-order valence-electron chi connectivity index (χ1n) is 8.33. The Morgan fingerprint density at radius 3 is 2.83 bits per heavy atom. The lowest BCUT2D eigenvalue weighted by atomic mass is 10.0. The number of rotatable bonds is 6. The number of nitrogens with zero attached hydrogens (tertiary/aromatic N) is 2. The summed E-state index contributed by atoms with van der Waals surface area (Å²) in [5.41, 5.74) is 1.06. The molecule has 1 aliphatic heterocycles. The molecule has 1 heterocycles. The van der Waals surface area contributed by atoms with Crippen LogP contribution in [0.3, 0.4) is 0 Å². The van der Waals surface area contributed by atoms with Gasteiger partial charge in [0, 0.05) is 39.3 Å². The number of morpholine rings is 1. The van der Waals surface area contributed by atoms with Crippen LogP contribution in [0.25, 0.3) is 0 Å². The van der Waals surface area contributed by atoms with Crippen LogP contribution in [0.5, 0.6) is 5.75 Å². The molecule has 6 heteroatoms. The van der Waals surface area contributed by atoms with Crippen molar-refractivity contribution < 1.29 is 19.4 Å². The van der Waals surface area contributed by atoms with Crippen LogP contribution in [-0.2, 0) is 22.7 Å². The molecule has 6 nitrogen and oxygen atoms in total. The van der Waals surface area contributed by atoms with Gasteiger partial charge in [0.25, 0.3) is 5.91 Å². The Kier molecular flexibility index (Phi) is 6.21. The highest BCUT2D eigenvalue weighted by molar-refractivity contribution is 5.84. The van der Waals surface area contributed by atoms with Gasteiger partial charge in [-0.2, -0.15) is 0 Å². The van der Waals surface area contributed by atoms with E-state index < -0.39 is 5.60 Å². The van der Waals surface area contributed by atoms with Crippen molar-refractivity contribution in [2.45, 2.75) is 32.6 Å². The molecule has 1 aromatic rings. The number of aliphatic hydroxyl groups excluding tert-OH is 1. The first-order chi connectivity index (χ1) is 11.4. The van der Waals surface area contributed by atoms with E-state index in [1.54, 1.807) is 19.0 Å². The van der Waals surface area contributed by atoms with E-state index in [0.717, 1.165) is 23.4 Å². The van der Waals surface area contributed by atoms with Gasteiger partial charge in [-0.15, -0.1) is 0 Å². The fraction of sp³-hybridized carbons (Fsp3) is 0.611. The molecule has 0 bridgehead atoms. The van der Waals surface area contributed by atoms with E-state index >= 15 is 0 Å². The van der Waals surface area contributed by atoms with Gasteiger partial charge in [0.05, 0.1) is 19.8 Å². The van der Waals surface area contributed by atoms with Gasteiger partial charge >= 0.3 is 0 Å². The molecule has 0 saturated carbocycles. The summed E-state index contributed by atoms with van der Waals surface area (Å²) in [6.45, 7) is 6.84. The second kappa shape index (κ2) is 7.96. The van der Waals surface area contributed by atoms with Gasteiger partial charge < -0.3 is 19.5 Å². The lowest BCUT2D eigenvalue weighted by Crippen LogP contribution is -2.57. The molecule has 0 aliphatic carbocycles. The third-order valence-electron chi connectivity index (χ3n) is 4.21. The summed E-state index contributed by atoms with van der Waals surface area (Å²) >= 11 is 0. The van der Waals surface area contributed by atoms with Crippen molar-refractivity contribution in [1.82, 2.24) is 9.80 Å². The topological polar surface area (TPSA) is 62.2 Å². The fourth-order valence-corrected chi connectivity index (χ4v) is 3.10. The zero-order valence-corrected chi connectivity index (χ0v) is 15.0. The van der Waals surface area contributed by atoms with Gasteiger partial charge in [0.1, 0.15) is 5.75 Å². The molecule has 1 aliphatic rings. The monoisotopic (exact) mass is 336 g/mol. The van der Waals surface area contributed by atoms with Crippen LogP contribution in [0.2, 0.25) is 0 Å². The Labute approximate surface area is 144 Å². The molecule has 1 saturated heterocycles. The van der Waals surface area contributed by atoms with Crippen molar-refractivity contribution in [1.29, 1.82) is 0 Å². The summed E-state index contributed by atoms with van der Waals surface area (Å²) in [5, 5.41) is 9.53. The maximum Gasteiger partial charge on any atom is 0.255 e. The summed E-state index contributed by atoms with van der Waals surface area (Å²) in [6.07, 6.45) is 0. The van der Waals surface area contributed by atoms with E-state index in [9.17, 15) is 9.90 Å². The predicted molar refractivity (Wildman–Crippen MR) is 91.9 cm³/mol. The van der Waals surface area contributed by atoms with Gasteiger partial charge in [-0.25, -0.2) is 0 Å². The first-order valence-corrected chi connectivity index (χ1v) is 8.33. The number of carbonyl (C=O) groups excluding carboxylic acids is 1. The zero-order valence-electron chi connectivity index (χ0n) is 15.0. The smallest absolute Gasteiger partial charge is 0.255 e. The third kappa shape index (κ3) is 4.26. The highest BCUT2D eigenvalue weighted by Crippen LogP contribution is 2.24. The third-order valence-corrected chi connectivity index (χ3v) is 4.21. The minimum atomic E-state index is -0.813.